The molecule has 6 nitrogen and oxygen atoms in total. The predicted octanol–water partition coefficient (Wildman–Crippen LogP) is 14.1. The molecule has 3 saturated carbocycles. The minimum atomic E-state index is 0.0579. The molecule has 0 N–H and O–H groups in total. The Hall–Kier alpha value is -1.02. The second-order valence-corrected chi connectivity index (χ2v) is 21.7. The summed E-state index contributed by atoms with van der Waals surface area (Å²) in [7, 11) is 1.83. The molecule has 6 heteroatoms. The Morgan fingerprint density at radius 2 is 1.52 bits per heavy atom. The second kappa shape index (κ2) is 28.9. The van der Waals surface area contributed by atoms with Crippen molar-refractivity contribution >= 4 is 0 Å². The second-order valence-electron chi connectivity index (χ2n) is 21.7. The fourth-order valence-electron chi connectivity index (χ4n) is 12.9. The van der Waals surface area contributed by atoms with Gasteiger partial charge in [-0.25, -0.2) is 0 Å². The number of allylic oxidation sites excluding steroid dienone is 5. The summed E-state index contributed by atoms with van der Waals surface area (Å²) in [4.78, 5) is 2.47. The quantitative estimate of drug-likeness (QED) is 0.0484. The normalized spacial score (nSPS) is 30.7. The highest BCUT2D eigenvalue weighted by atomic mass is 16.6. The molecule has 0 radical (unpaired) electrons. The first-order chi connectivity index (χ1) is 30.3. The summed E-state index contributed by atoms with van der Waals surface area (Å²) in [6.45, 7) is 19.3. The van der Waals surface area contributed by atoms with Crippen molar-refractivity contribution in [3.63, 3.8) is 0 Å². The highest BCUT2D eigenvalue weighted by Gasteiger charge is 2.58. The Bertz CT molecular complexity index is 1280. The van der Waals surface area contributed by atoms with Crippen LogP contribution in [0.3, 0.4) is 0 Å². The maximum absolute atomic E-state index is 6.51. The molecule has 0 spiro atoms. The summed E-state index contributed by atoms with van der Waals surface area (Å²) >= 11 is 0. The Morgan fingerprint density at radius 3 is 2.29 bits per heavy atom. The SMILES string of the molecule is CCCCC/C=C\C/C=C\CCCCCCCCOCC(CN1CCC(OC)C1)OCCOCCOC1CC[C@@]2(C)C(=CCC3C4CCC(CCCCC(C)C)[C@@]4(C)CCC32)C1. The van der Waals surface area contributed by atoms with E-state index in [0.717, 1.165) is 81.5 Å². The van der Waals surface area contributed by atoms with Crippen molar-refractivity contribution in [3.8, 4) is 0 Å². The number of unbranched alkanes of at least 4 members (excludes halogenated alkanes) is 10. The van der Waals surface area contributed by atoms with Crippen LogP contribution in [0.1, 0.15) is 195 Å². The minimum Gasteiger partial charge on any atom is -0.380 e. The lowest BCUT2D eigenvalue weighted by molar-refractivity contribution is -0.0708. The standard InChI is InChI=1S/C56H99NO5/c1-7-8-9-10-11-12-13-14-15-16-17-18-19-20-21-24-37-60-45-51(44-57-36-33-50(43-57)58-6)62-41-39-59-38-40-61-49-31-34-56(5)48(42-49)27-29-52-53-30-28-47(26-23-22-25-46(2)3)55(53,4)35-32-54(52)56/h11-12,14-15,27,46-47,49-54H,7-10,13,16-26,28-45H2,1-6H3/b12-11-,15-14-/t47?,49?,50?,51?,52?,53?,54?,55-,56+/m1/s1. The van der Waals surface area contributed by atoms with Gasteiger partial charge in [0.15, 0.2) is 0 Å². The zero-order valence-electron chi connectivity index (χ0n) is 41.5. The van der Waals surface area contributed by atoms with E-state index in [1.807, 2.05) is 7.11 Å². The third kappa shape index (κ3) is 16.7. The Labute approximate surface area is 383 Å². The van der Waals surface area contributed by atoms with Gasteiger partial charge in [-0.2, -0.15) is 0 Å². The van der Waals surface area contributed by atoms with Crippen LogP contribution in [-0.4, -0.2) is 89.6 Å². The monoisotopic (exact) mass is 866 g/mol. The summed E-state index contributed by atoms with van der Waals surface area (Å²) in [5, 5.41) is 0. The van der Waals surface area contributed by atoms with Crippen LogP contribution in [0.15, 0.2) is 36.0 Å². The number of likely N-dealkylation sites (tertiary alicyclic amines) is 1. The van der Waals surface area contributed by atoms with Gasteiger partial charge in [0, 0.05) is 33.4 Å². The largest absolute Gasteiger partial charge is 0.380 e. The fraction of sp³-hybridized carbons (Fsp3) is 0.893. The lowest BCUT2D eigenvalue weighted by atomic mass is 9.47. The van der Waals surface area contributed by atoms with Gasteiger partial charge in [-0.1, -0.05) is 128 Å². The topological polar surface area (TPSA) is 49.4 Å². The van der Waals surface area contributed by atoms with E-state index in [9.17, 15) is 0 Å². The molecule has 0 amide bonds. The minimum absolute atomic E-state index is 0.0579. The number of ether oxygens (including phenoxy) is 5. The molecule has 4 aliphatic carbocycles. The van der Waals surface area contributed by atoms with Gasteiger partial charge in [0.25, 0.3) is 0 Å². The van der Waals surface area contributed by atoms with E-state index in [4.69, 9.17) is 23.7 Å². The predicted molar refractivity (Wildman–Crippen MR) is 261 cm³/mol. The molecule has 1 heterocycles. The van der Waals surface area contributed by atoms with Crippen LogP contribution >= 0.6 is 0 Å². The van der Waals surface area contributed by atoms with Crippen LogP contribution in [0.4, 0.5) is 0 Å². The molecule has 7 unspecified atom stereocenters. The summed E-state index contributed by atoms with van der Waals surface area (Å²) in [5.41, 5.74) is 2.70. The van der Waals surface area contributed by atoms with Crippen molar-refractivity contribution in [1.82, 2.24) is 4.90 Å². The summed E-state index contributed by atoms with van der Waals surface area (Å²) in [6.07, 6.45) is 45.7. The summed E-state index contributed by atoms with van der Waals surface area (Å²) < 4.78 is 30.8. The molecule has 4 fully saturated rings. The van der Waals surface area contributed by atoms with Crippen molar-refractivity contribution in [3.05, 3.63) is 36.0 Å². The van der Waals surface area contributed by atoms with E-state index >= 15 is 0 Å². The average Bonchev–Trinajstić information content (AvgIpc) is 3.87. The smallest absolute Gasteiger partial charge is 0.0936 e. The van der Waals surface area contributed by atoms with Gasteiger partial charge in [-0.3, -0.25) is 4.90 Å². The van der Waals surface area contributed by atoms with Gasteiger partial charge in [0.1, 0.15) is 0 Å². The van der Waals surface area contributed by atoms with E-state index in [1.54, 1.807) is 5.57 Å². The van der Waals surface area contributed by atoms with Crippen LogP contribution in [0, 0.1) is 40.4 Å². The Morgan fingerprint density at radius 1 is 0.742 bits per heavy atom. The van der Waals surface area contributed by atoms with Crippen molar-refractivity contribution in [2.75, 3.05) is 66.4 Å². The molecule has 0 aromatic rings. The Kier molecular flexibility index (Phi) is 24.2. The van der Waals surface area contributed by atoms with E-state index in [2.05, 4.69) is 69.9 Å². The fourth-order valence-corrected chi connectivity index (χ4v) is 12.9. The maximum atomic E-state index is 6.51. The number of hydrogen-bond acceptors (Lipinski definition) is 6. The molecule has 0 bridgehead atoms. The maximum Gasteiger partial charge on any atom is 0.0936 e. The van der Waals surface area contributed by atoms with Crippen LogP contribution in [0.2, 0.25) is 0 Å². The van der Waals surface area contributed by atoms with E-state index in [0.29, 0.717) is 56.1 Å². The first-order valence-electron chi connectivity index (χ1n) is 26.9. The molecule has 0 aromatic heterocycles. The number of methoxy groups -OCH3 is 1. The van der Waals surface area contributed by atoms with Gasteiger partial charge in [0.05, 0.1) is 51.3 Å². The van der Waals surface area contributed by atoms with Crippen LogP contribution in [-0.2, 0) is 23.7 Å². The third-order valence-corrected chi connectivity index (χ3v) is 16.8. The zero-order valence-corrected chi connectivity index (χ0v) is 41.5. The van der Waals surface area contributed by atoms with Crippen molar-refractivity contribution in [1.29, 1.82) is 0 Å². The van der Waals surface area contributed by atoms with Gasteiger partial charge in [0.2, 0.25) is 0 Å². The van der Waals surface area contributed by atoms with Crippen LogP contribution < -0.4 is 0 Å². The number of hydrogen-bond donors (Lipinski definition) is 0. The van der Waals surface area contributed by atoms with Crippen LogP contribution in [0.5, 0.6) is 0 Å². The third-order valence-electron chi connectivity index (χ3n) is 16.8. The molecule has 0 aromatic carbocycles. The molecule has 9 atom stereocenters. The molecule has 1 saturated heterocycles. The van der Waals surface area contributed by atoms with E-state index in [1.165, 1.54) is 135 Å². The average molecular weight is 866 g/mol. The summed E-state index contributed by atoms with van der Waals surface area (Å²) in [5.74, 6) is 4.54. The lowest BCUT2D eigenvalue weighted by Gasteiger charge is -2.58. The number of nitrogens with zero attached hydrogens (tertiary/aromatic N) is 1. The van der Waals surface area contributed by atoms with E-state index in [-0.39, 0.29) is 6.10 Å². The van der Waals surface area contributed by atoms with Crippen molar-refractivity contribution in [2.24, 2.45) is 40.4 Å². The first-order valence-corrected chi connectivity index (χ1v) is 26.9. The van der Waals surface area contributed by atoms with Crippen molar-refractivity contribution in [2.45, 2.75) is 213 Å². The highest BCUT2D eigenvalue weighted by Crippen LogP contribution is 2.67. The first kappa shape index (κ1) is 52.0. The molecule has 5 aliphatic rings. The molecule has 5 rings (SSSR count). The van der Waals surface area contributed by atoms with Crippen LogP contribution in [0.25, 0.3) is 0 Å². The van der Waals surface area contributed by atoms with Gasteiger partial charge >= 0.3 is 0 Å². The highest BCUT2D eigenvalue weighted by molar-refractivity contribution is 5.25. The van der Waals surface area contributed by atoms with Gasteiger partial charge in [-0.05, 0) is 143 Å². The number of fused-ring (bicyclic) bond motifs is 5. The zero-order chi connectivity index (χ0) is 43.9. The molecular formula is C56H99NO5. The lowest BCUT2D eigenvalue weighted by Crippen LogP contribution is -2.50. The molecular weight excluding hydrogens is 767 g/mol. The molecule has 1 aliphatic heterocycles. The summed E-state index contributed by atoms with van der Waals surface area (Å²) in [6, 6.07) is 0. The van der Waals surface area contributed by atoms with Gasteiger partial charge in [-0.15, -0.1) is 0 Å². The van der Waals surface area contributed by atoms with E-state index < -0.39 is 0 Å². The molecule has 62 heavy (non-hydrogen) atoms. The van der Waals surface area contributed by atoms with Crippen molar-refractivity contribution < 1.29 is 23.7 Å². The number of rotatable bonds is 33. The van der Waals surface area contributed by atoms with Gasteiger partial charge < -0.3 is 23.7 Å². The molecule has 358 valence electrons. The Balaban J connectivity index is 0.912.